The van der Waals surface area contributed by atoms with Crippen LogP contribution < -0.4 is 25.9 Å². The van der Waals surface area contributed by atoms with Crippen molar-refractivity contribution in [3.05, 3.63) is 60.2 Å². The molecular formula is C18H20F6IO3P. The van der Waals surface area contributed by atoms with Crippen LogP contribution >= 0.6 is 7.81 Å². The van der Waals surface area contributed by atoms with E-state index in [1.807, 2.05) is 24.3 Å². The van der Waals surface area contributed by atoms with Crippen LogP contribution in [0.15, 0.2) is 36.4 Å². The molecule has 29 heavy (non-hydrogen) atoms. The number of aryl methyl sites for hydroxylation is 3. The molecule has 0 aromatic heterocycles. The first kappa shape index (κ1) is 25.5. The number of carboxylic acid groups (broad SMARTS) is 1. The van der Waals surface area contributed by atoms with E-state index in [9.17, 15) is 30.0 Å². The van der Waals surface area contributed by atoms with Crippen LogP contribution in [0.25, 0.3) is 0 Å². The number of hydrogen-bond acceptors (Lipinski definition) is 2. The summed E-state index contributed by atoms with van der Waals surface area (Å²) in [6.07, 6.45) is -0.831. The average molecular weight is 556 g/mol. The normalized spacial score (nSPS) is 14.7. The summed E-state index contributed by atoms with van der Waals surface area (Å²) in [5, 5.41) is 8.86. The molecule has 3 nitrogen and oxygen atoms in total. The molecule has 11 heteroatoms. The van der Waals surface area contributed by atoms with Crippen LogP contribution in [0.1, 0.15) is 23.6 Å². The number of benzene rings is 2. The Hall–Kier alpha value is -1.55. The van der Waals surface area contributed by atoms with E-state index in [2.05, 4.69) is 32.9 Å². The maximum absolute atomic E-state index is 10.8. The van der Waals surface area contributed by atoms with Gasteiger partial charge in [-0.1, -0.05) is 17.7 Å². The van der Waals surface area contributed by atoms with Crippen LogP contribution in [0.4, 0.5) is 25.2 Å². The zero-order chi connectivity index (χ0) is 22.7. The Morgan fingerprint density at radius 2 is 1.38 bits per heavy atom. The van der Waals surface area contributed by atoms with Crippen molar-refractivity contribution in [2.24, 2.45) is 0 Å². The van der Waals surface area contributed by atoms with Gasteiger partial charge in [-0.25, -0.2) is 4.79 Å². The van der Waals surface area contributed by atoms with Gasteiger partial charge in [0.2, 0.25) is 0 Å². The molecule has 0 aliphatic rings. The number of hydrogen-bond donors (Lipinski definition) is 1. The molecule has 164 valence electrons. The van der Waals surface area contributed by atoms with Crippen LogP contribution in [0.5, 0.6) is 5.75 Å². The van der Waals surface area contributed by atoms with Crippen molar-refractivity contribution in [3.8, 4) is 5.75 Å². The number of halogens is 7. The van der Waals surface area contributed by atoms with Crippen molar-refractivity contribution >= 4 is 13.8 Å². The quantitative estimate of drug-likeness (QED) is 0.345. The van der Waals surface area contributed by atoms with Crippen LogP contribution in [0.3, 0.4) is 0 Å². The molecule has 1 N–H and O–H groups in total. The first-order valence-electron chi connectivity index (χ1n) is 8.10. The monoisotopic (exact) mass is 556 g/mol. The standard InChI is InChI=1S/C18H19IO3.F6P/c1-11-9-12(2)17(13(3)10-11)19-15-5-7-16(8-6-15)22-14(4)18(20)21;1-7(2,3,4,5)6/h5-10,14H,1-4H3;/q;-1/p+1. The number of aliphatic carboxylic acids is 1. The van der Waals surface area contributed by atoms with Gasteiger partial charge in [0.15, 0.2) is 13.2 Å². The van der Waals surface area contributed by atoms with Crippen molar-refractivity contribution in [2.75, 3.05) is 0 Å². The Bertz CT molecular complexity index is 849. The van der Waals surface area contributed by atoms with Crippen LogP contribution in [-0.4, -0.2) is 17.2 Å². The van der Waals surface area contributed by atoms with E-state index in [4.69, 9.17) is 9.84 Å². The molecule has 2 aromatic rings. The number of carbonyl (C=O) groups is 1. The molecule has 2 rings (SSSR count). The fourth-order valence-electron chi connectivity index (χ4n) is 2.25. The van der Waals surface area contributed by atoms with E-state index in [1.165, 1.54) is 30.8 Å². The minimum absolute atomic E-state index is 0.246. The first-order chi connectivity index (χ1) is 12.8. The van der Waals surface area contributed by atoms with Gasteiger partial charge in [0.05, 0.1) is 0 Å². The van der Waals surface area contributed by atoms with Crippen LogP contribution in [0.2, 0.25) is 0 Å². The van der Waals surface area contributed by atoms with Gasteiger partial charge in [0, 0.05) is 11.1 Å². The molecular weight excluding hydrogens is 536 g/mol. The topological polar surface area (TPSA) is 46.5 Å². The summed E-state index contributed by atoms with van der Waals surface area (Å²) in [7, 11) is -10.7. The minimum atomic E-state index is -10.7. The molecule has 0 bridgehead atoms. The summed E-state index contributed by atoms with van der Waals surface area (Å²) in [4.78, 5) is 10.8. The molecule has 0 aliphatic carbocycles. The summed E-state index contributed by atoms with van der Waals surface area (Å²) in [5.74, 6) is -0.359. The van der Waals surface area contributed by atoms with E-state index in [-0.39, 0.29) is 21.2 Å². The third-order valence-corrected chi connectivity index (χ3v) is 6.84. The van der Waals surface area contributed by atoms with Crippen LogP contribution in [0, 0.1) is 27.9 Å². The molecule has 0 heterocycles. The molecule has 2 aromatic carbocycles. The van der Waals surface area contributed by atoms with E-state index >= 15 is 0 Å². The first-order valence-corrected chi connectivity index (χ1v) is 12.3. The van der Waals surface area contributed by atoms with Gasteiger partial charge in [-0.05, 0) is 52.0 Å². The Morgan fingerprint density at radius 3 is 1.76 bits per heavy atom. The van der Waals surface area contributed by atoms with E-state index in [1.54, 1.807) is 0 Å². The molecule has 0 spiro atoms. The predicted molar refractivity (Wildman–Crippen MR) is 95.8 cm³/mol. The Balaban J connectivity index is 0.000000516. The third-order valence-electron chi connectivity index (χ3n) is 3.26. The molecule has 1 atom stereocenters. The number of rotatable bonds is 5. The third kappa shape index (κ3) is 11.9. The Kier molecular flexibility index (Phi) is 7.29. The summed E-state index contributed by atoms with van der Waals surface area (Å²) in [6.45, 7) is 7.99. The van der Waals surface area contributed by atoms with E-state index < -0.39 is 19.9 Å². The second kappa shape index (κ2) is 8.29. The van der Waals surface area contributed by atoms with Gasteiger partial charge >= 0.3 is 60.2 Å². The Morgan fingerprint density at radius 1 is 0.966 bits per heavy atom. The molecule has 1 unspecified atom stereocenters. The Labute approximate surface area is 174 Å². The van der Waals surface area contributed by atoms with Crippen molar-refractivity contribution in [1.82, 2.24) is 0 Å². The average Bonchev–Trinajstić information content (AvgIpc) is 2.49. The predicted octanol–water partition coefficient (Wildman–Crippen LogP) is 3.97. The van der Waals surface area contributed by atoms with Crippen molar-refractivity contribution in [1.29, 1.82) is 0 Å². The van der Waals surface area contributed by atoms with E-state index in [0.29, 0.717) is 5.75 Å². The van der Waals surface area contributed by atoms with Crippen LogP contribution in [-0.2, 0) is 4.79 Å². The molecule has 0 aliphatic heterocycles. The van der Waals surface area contributed by atoms with Gasteiger partial charge in [0.25, 0.3) is 0 Å². The molecule has 0 saturated heterocycles. The second-order valence-electron chi connectivity index (χ2n) is 6.32. The second-order valence-corrected chi connectivity index (χ2v) is 11.1. The van der Waals surface area contributed by atoms with Crippen molar-refractivity contribution in [3.63, 3.8) is 0 Å². The molecule has 0 fully saturated rings. The van der Waals surface area contributed by atoms with Gasteiger partial charge in [0.1, 0.15) is 5.75 Å². The SMILES string of the molecule is Cc1cc(C)c([I+]c2ccc(OC(C)C(=O)O)cc2)c(C)c1.F[P-](F)(F)(F)(F)F. The zero-order valence-electron chi connectivity index (χ0n) is 15.9. The summed E-state index contributed by atoms with van der Waals surface area (Å²) < 4.78 is 67.3. The molecule has 0 saturated carbocycles. The van der Waals surface area contributed by atoms with E-state index in [0.717, 1.165) is 0 Å². The van der Waals surface area contributed by atoms with Gasteiger partial charge < -0.3 is 9.84 Å². The summed E-state index contributed by atoms with van der Waals surface area (Å²) in [6, 6.07) is 12.2. The maximum atomic E-state index is 10.8. The number of ether oxygens (including phenoxy) is 1. The fourth-order valence-corrected chi connectivity index (χ4v) is 4.76. The van der Waals surface area contributed by atoms with Crippen molar-refractivity contribution < 1.29 is 61.0 Å². The summed E-state index contributed by atoms with van der Waals surface area (Å²) >= 11 is -0.246. The summed E-state index contributed by atoms with van der Waals surface area (Å²) in [5.41, 5.74) is 4.00. The molecule has 0 radical (unpaired) electrons. The molecule has 0 amide bonds. The number of carboxylic acids is 1. The zero-order valence-corrected chi connectivity index (χ0v) is 19.0. The van der Waals surface area contributed by atoms with Gasteiger partial charge in [-0.15, -0.1) is 0 Å². The van der Waals surface area contributed by atoms with Crippen molar-refractivity contribution in [2.45, 2.75) is 33.8 Å². The van der Waals surface area contributed by atoms with Gasteiger partial charge in [-0.3, -0.25) is 0 Å². The van der Waals surface area contributed by atoms with Gasteiger partial charge in [-0.2, -0.15) is 0 Å². The fraction of sp³-hybridized carbons (Fsp3) is 0.278.